The first-order chi connectivity index (χ1) is 15.3. The monoisotopic (exact) mass is 456 g/mol. The van der Waals surface area contributed by atoms with Crippen molar-refractivity contribution in [1.29, 1.82) is 0 Å². The molecule has 0 radical (unpaired) electrons. The van der Waals surface area contributed by atoms with E-state index in [-0.39, 0.29) is 16.9 Å². The molecule has 4 saturated carbocycles. The maximum atomic E-state index is 10.9. The van der Waals surface area contributed by atoms with E-state index < -0.39 is 0 Å². The van der Waals surface area contributed by atoms with Crippen LogP contribution in [0.3, 0.4) is 0 Å². The van der Waals surface area contributed by atoms with Gasteiger partial charge in [0.15, 0.2) is 0 Å². The van der Waals surface area contributed by atoms with E-state index >= 15 is 0 Å². The Balaban J connectivity index is 1.49. The van der Waals surface area contributed by atoms with E-state index in [9.17, 15) is 5.11 Å². The molecule has 4 fully saturated rings. The minimum absolute atomic E-state index is 0.0254. The highest BCUT2D eigenvalue weighted by Gasteiger charge is 2.63. The lowest BCUT2D eigenvalue weighted by Crippen LogP contribution is -2.58. The van der Waals surface area contributed by atoms with Gasteiger partial charge in [0.1, 0.15) is 0 Å². The van der Waals surface area contributed by atoms with Crippen LogP contribution in [0.4, 0.5) is 0 Å². The Hall–Kier alpha value is -0.340. The molecule has 0 spiro atoms. The number of hydrogen-bond acceptors (Lipinski definition) is 2. The summed E-state index contributed by atoms with van der Waals surface area (Å²) in [4.78, 5) is 0. The van der Waals surface area contributed by atoms with Crippen LogP contribution in [0.25, 0.3) is 0 Å². The molecule has 0 unspecified atom stereocenters. The van der Waals surface area contributed by atoms with E-state index in [1.165, 1.54) is 57.8 Å². The van der Waals surface area contributed by atoms with Gasteiger partial charge < -0.3 is 9.84 Å². The van der Waals surface area contributed by atoms with Crippen molar-refractivity contribution >= 4 is 0 Å². The zero-order valence-corrected chi connectivity index (χ0v) is 23.0. The maximum absolute atomic E-state index is 10.9. The molecule has 0 aromatic heterocycles. The van der Waals surface area contributed by atoms with Gasteiger partial charge in [0.05, 0.1) is 12.2 Å². The molecular weight excluding hydrogens is 404 g/mol. The van der Waals surface area contributed by atoms with Crippen LogP contribution in [0.2, 0.25) is 0 Å². The number of ether oxygens (including phenoxy) is 1. The predicted molar refractivity (Wildman–Crippen MR) is 137 cm³/mol. The number of fused-ring (bicyclic) bond motifs is 6. The first-order valence-electron chi connectivity index (χ1n) is 14.2. The van der Waals surface area contributed by atoms with Crippen LogP contribution in [-0.4, -0.2) is 24.4 Å². The van der Waals surface area contributed by atoms with E-state index in [4.69, 9.17) is 4.74 Å². The summed E-state index contributed by atoms with van der Waals surface area (Å²) in [6.45, 7) is 17.7. The van der Waals surface area contributed by atoms with Crippen molar-refractivity contribution in [2.75, 3.05) is 7.11 Å². The summed E-state index contributed by atoms with van der Waals surface area (Å²) in [5.41, 5.74) is 3.32. The third-order valence-electron chi connectivity index (χ3n) is 13.1. The lowest BCUT2D eigenvalue weighted by molar-refractivity contribution is -0.178. The molecule has 0 amide bonds. The van der Waals surface area contributed by atoms with Gasteiger partial charge in [-0.1, -0.05) is 60.1 Å². The van der Waals surface area contributed by atoms with Gasteiger partial charge in [0, 0.05) is 7.11 Å². The molecule has 0 aromatic carbocycles. The van der Waals surface area contributed by atoms with Crippen molar-refractivity contribution < 1.29 is 9.84 Å². The predicted octanol–water partition coefficient (Wildman–Crippen LogP) is 7.79. The number of allylic oxidation sites excluding steroid dienone is 2. The molecule has 2 nitrogen and oxygen atoms in total. The van der Waals surface area contributed by atoms with Gasteiger partial charge in [-0.25, -0.2) is 0 Å². The van der Waals surface area contributed by atoms with Gasteiger partial charge in [-0.2, -0.15) is 0 Å². The summed E-state index contributed by atoms with van der Waals surface area (Å²) < 4.78 is 6.03. The Bertz CT molecular complexity index is 810. The van der Waals surface area contributed by atoms with Gasteiger partial charge in [-0.15, -0.1) is 0 Å². The van der Waals surface area contributed by atoms with Crippen LogP contribution < -0.4 is 0 Å². The highest BCUT2D eigenvalue weighted by Crippen LogP contribution is 2.70. The van der Waals surface area contributed by atoms with Crippen LogP contribution in [0, 0.1) is 50.7 Å². The molecule has 2 heteroatoms. The fourth-order valence-electron chi connectivity index (χ4n) is 11.3. The first kappa shape index (κ1) is 24.4. The summed E-state index contributed by atoms with van der Waals surface area (Å²) >= 11 is 0. The van der Waals surface area contributed by atoms with Crippen molar-refractivity contribution in [3.05, 3.63) is 11.6 Å². The van der Waals surface area contributed by atoms with E-state index in [0.29, 0.717) is 28.3 Å². The second-order valence-corrected chi connectivity index (χ2v) is 15.1. The highest BCUT2D eigenvalue weighted by atomic mass is 16.5. The standard InChI is InChI=1S/C31H52O2/c1-27(2)22-11-9-20-19-29(5)16-13-23-28(3,4)26(33-8)15-18-31(23,7)24(29)12-10-21(20)30(22,6)17-14-25(27)32/h9,21-26,32H,10-19H2,1-8H3/t21-,22-,23-,24-,25-,26-,29-,30+,31-/m0/s1. The smallest absolute Gasteiger partial charge is 0.0625 e. The fourth-order valence-corrected chi connectivity index (χ4v) is 11.3. The van der Waals surface area contributed by atoms with E-state index in [1.807, 2.05) is 7.11 Å². The molecule has 0 aliphatic heterocycles. The number of rotatable bonds is 1. The largest absolute Gasteiger partial charge is 0.393 e. The second-order valence-electron chi connectivity index (χ2n) is 15.1. The fraction of sp³-hybridized carbons (Fsp3) is 0.935. The minimum Gasteiger partial charge on any atom is -0.393 e. The van der Waals surface area contributed by atoms with Gasteiger partial charge in [0.2, 0.25) is 0 Å². The summed E-state index contributed by atoms with van der Waals surface area (Å²) in [6, 6.07) is 0. The summed E-state index contributed by atoms with van der Waals surface area (Å²) in [7, 11) is 1.94. The quantitative estimate of drug-likeness (QED) is 0.408. The Labute approximate surface area is 204 Å². The van der Waals surface area contributed by atoms with Crippen LogP contribution in [0.15, 0.2) is 11.6 Å². The molecule has 9 atom stereocenters. The van der Waals surface area contributed by atoms with Crippen LogP contribution in [0.1, 0.15) is 113 Å². The van der Waals surface area contributed by atoms with E-state index in [0.717, 1.165) is 24.2 Å². The Kier molecular flexibility index (Phi) is 5.60. The van der Waals surface area contributed by atoms with Gasteiger partial charge in [-0.3, -0.25) is 0 Å². The highest BCUT2D eigenvalue weighted by molar-refractivity contribution is 5.25. The number of methoxy groups -OCH3 is 1. The summed E-state index contributed by atoms with van der Waals surface area (Å²) in [5, 5.41) is 10.9. The lowest BCUT2D eigenvalue weighted by atomic mass is 9.42. The SMILES string of the molecule is CO[C@H]1CC[C@@]2(C)[C@@H](CC[C@@]3(C)CC4=CC[C@H]5C(C)(C)[C@@H](O)CC[C@]5(C)[C@H]4CC[C@@H]32)C1(C)C. The van der Waals surface area contributed by atoms with Gasteiger partial charge >= 0.3 is 0 Å². The average molecular weight is 457 g/mol. The van der Waals surface area contributed by atoms with Crippen LogP contribution >= 0.6 is 0 Å². The summed E-state index contributed by atoms with van der Waals surface area (Å²) in [5.74, 6) is 2.91. The normalized spacial score (nSPS) is 52.9. The van der Waals surface area contributed by atoms with Crippen LogP contribution in [0.5, 0.6) is 0 Å². The molecule has 0 bridgehead atoms. The Morgan fingerprint density at radius 3 is 2.15 bits per heavy atom. The first-order valence-corrected chi connectivity index (χ1v) is 14.2. The molecule has 5 aliphatic carbocycles. The molecular formula is C31H52O2. The Morgan fingerprint density at radius 1 is 0.758 bits per heavy atom. The minimum atomic E-state index is -0.144. The molecule has 5 rings (SSSR count). The maximum Gasteiger partial charge on any atom is 0.0625 e. The lowest BCUT2D eigenvalue weighted by Gasteiger charge is -2.64. The topological polar surface area (TPSA) is 29.5 Å². The van der Waals surface area contributed by atoms with Crippen molar-refractivity contribution in [2.45, 2.75) is 125 Å². The number of aliphatic hydroxyl groups is 1. The van der Waals surface area contributed by atoms with Gasteiger partial charge in [-0.05, 0) is 115 Å². The van der Waals surface area contributed by atoms with Crippen molar-refractivity contribution in [2.24, 2.45) is 50.7 Å². The van der Waals surface area contributed by atoms with Crippen molar-refractivity contribution in [1.82, 2.24) is 0 Å². The molecule has 1 N–H and O–H groups in total. The third-order valence-corrected chi connectivity index (χ3v) is 13.1. The molecule has 0 saturated heterocycles. The summed E-state index contributed by atoms with van der Waals surface area (Å²) in [6.07, 6.45) is 15.7. The molecule has 188 valence electrons. The number of aliphatic hydroxyl groups excluding tert-OH is 1. The zero-order chi connectivity index (χ0) is 24.0. The molecule has 5 aliphatic rings. The van der Waals surface area contributed by atoms with Crippen LogP contribution in [-0.2, 0) is 4.74 Å². The molecule has 0 heterocycles. The van der Waals surface area contributed by atoms with Crippen molar-refractivity contribution in [3.8, 4) is 0 Å². The molecule has 33 heavy (non-hydrogen) atoms. The average Bonchev–Trinajstić information content (AvgIpc) is 2.88. The number of hydrogen-bond donors (Lipinski definition) is 1. The van der Waals surface area contributed by atoms with E-state index in [1.54, 1.807) is 5.57 Å². The second kappa shape index (κ2) is 7.58. The molecule has 0 aromatic rings. The Morgan fingerprint density at radius 2 is 1.45 bits per heavy atom. The zero-order valence-electron chi connectivity index (χ0n) is 23.0. The third kappa shape index (κ3) is 3.24. The van der Waals surface area contributed by atoms with Gasteiger partial charge in [0.25, 0.3) is 0 Å². The van der Waals surface area contributed by atoms with Crippen molar-refractivity contribution in [3.63, 3.8) is 0 Å². The van der Waals surface area contributed by atoms with E-state index in [2.05, 4.69) is 54.5 Å².